The van der Waals surface area contributed by atoms with Crippen molar-refractivity contribution in [2.45, 2.75) is 25.8 Å². The van der Waals surface area contributed by atoms with E-state index in [-0.39, 0.29) is 5.91 Å². The fraction of sp³-hybridized carbons (Fsp3) is 0.174. The van der Waals surface area contributed by atoms with Crippen LogP contribution in [0.15, 0.2) is 72.8 Å². The average molecular weight is 343 g/mol. The third kappa shape index (κ3) is 3.77. The highest BCUT2D eigenvalue weighted by Crippen LogP contribution is 2.23. The Labute approximate surface area is 153 Å². The molecule has 0 heterocycles. The first-order valence-electron chi connectivity index (χ1n) is 9.00. The molecule has 0 fully saturated rings. The van der Waals surface area contributed by atoms with Gasteiger partial charge in [0.2, 0.25) is 0 Å². The summed E-state index contributed by atoms with van der Waals surface area (Å²) in [7, 11) is 0. The fourth-order valence-corrected chi connectivity index (χ4v) is 3.32. The lowest BCUT2D eigenvalue weighted by molar-refractivity contribution is 0.0951. The molecule has 0 aromatic heterocycles. The van der Waals surface area contributed by atoms with Crippen molar-refractivity contribution in [2.75, 3.05) is 0 Å². The first-order chi connectivity index (χ1) is 12.8. The van der Waals surface area contributed by atoms with Crippen molar-refractivity contribution in [3.05, 3.63) is 95.1 Å². The van der Waals surface area contributed by atoms with Gasteiger partial charge < -0.3 is 10.1 Å². The smallest absolute Gasteiger partial charge is 0.251 e. The Morgan fingerprint density at radius 3 is 2.38 bits per heavy atom. The van der Waals surface area contributed by atoms with Crippen molar-refractivity contribution in [2.24, 2.45) is 0 Å². The third-order valence-corrected chi connectivity index (χ3v) is 4.71. The Hall–Kier alpha value is -3.07. The summed E-state index contributed by atoms with van der Waals surface area (Å²) in [6.07, 6.45) is 3.57. The first-order valence-corrected chi connectivity index (χ1v) is 9.00. The Bertz CT molecular complexity index is 901. The van der Waals surface area contributed by atoms with Gasteiger partial charge in [-0.2, -0.15) is 0 Å². The van der Waals surface area contributed by atoms with E-state index in [9.17, 15) is 4.79 Å². The van der Waals surface area contributed by atoms with Crippen LogP contribution in [-0.4, -0.2) is 5.91 Å². The third-order valence-electron chi connectivity index (χ3n) is 4.71. The molecule has 3 aromatic rings. The highest BCUT2D eigenvalue weighted by atomic mass is 16.5. The van der Waals surface area contributed by atoms with Crippen LogP contribution in [0.4, 0.5) is 0 Å². The number of benzene rings is 3. The summed E-state index contributed by atoms with van der Waals surface area (Å²) in [5.74, 6) is 1.42. The summed E-state index contributed by atoms with van der Waals surface area (Å²) >= 11 is 0. The van der Waals surface area contributed by atoms with Gasteiger partial charge in [0, 0.05) is 12.1 Å². The number of carbonyl (C=O) groups is 1. The second-order valence-electron chi connectivity index (χ2n) is 6.58. The molecule has 1 aliphatic carbocycles. The van der Waals surface area contributed by atoms with E-state index in [0.29, 0.717) is 17.9 Å². The number of rotatable bonds is 5. The minimum absolute atomic E-state index is 0.0724. The van der Waals surface area contributed by atoms with Crippen LogP contribution in [0, 0.1) is 0 Å². The Morgan fingerprint density at radius 2 is 1.58 bits per heavy atom. The van der Waals surface area contributed by atoms with Crippen molar-refractivity contribution < 1.29 is 9.53 Å². The molecule has 130 valence electrons. The molecule has 0 atom stereocenters. The lowest BCUT2D eigenvalue weighted by Gasteiger charge is -2.09. The van der Waals surface area contributed by atoms with E-state index < -0.39 is 0 Å². The van der Waals surface area contributed by atoms with Crippen LogP contribution >= 0.6 is 0 Å². The van der Waals surface area contributed by atoms with E-state index in [1.807, 2.05) is 42.5 Å². The number of ether oxygens (including phenoxy) is 1. The van der Waals surface area contributed by atoms with E-state index >= 15 is 0 Å². The average Bonchev–Trinajstić information content (AvgIpc) is 3.15. The summed E-state index contributed by atoms with van der Waals surface area (Å²) < 4.78 is 5.75. The number of para-hydroxylation sites is 1. The maximum absolute atomic E-state index is 12.4. The second-order valence-corrected chi connectivity index (χ2v) is 6.58. The van der Waals surface area contributed by atoms with Crippen molar-refractivity contribution in [1.29, 1.82) is 0 Å². The van der Waals surface area contributed by atoms with Crippen molar-refractivity contribution in [1.82, 2.24) is 5.32 Å². The molecule has 3 nitrogen and oxygen atoms in total. The maximum atomic E-state index is 12.4. The highest BCUT2D eigenvalue weighted by Gasteiger charge is 2.11. The summed E-state index contributed by atoms with van der Waals surface area (Å²) in [5, 5.41) is 3.00. The quantitative estimate of drug-likeness (QED) is 0.716. The zero-order chi connectivity index (χ0) is 17.8. The van der Waals surface area contributed by atoms with Crippen LogP contribution < -0.4 is 10.1 Å². The number of nitrogens with one attached hydrogen (secondary N) is 1. The molecule has 1 amide bonds. The zero-order valence-corrected chi connectivity index (χ0v) is 14.6. The summed E-state index contributed by atoms with van der Waals surface area (Å²) in [5.41, 5.74) is 4.67. The van der Waals surface area contributed by atoms with Crippen molar-refractivity contribution >= 4 is 5.91 Å². The molecule has 0 aliphatic heterocycles. The van der Waals surface area contributed by atoms with Gasteiger partial charge in [0.1, 0.15) is 11.5 Å². The lowest BCUT2D eigenvalue weighted by atomic mass is 10.1. The van der Waals surface area contributed by atoms with Crippen LogP contribution in [-0.2, 0) is 19.4 Å². The molecule has 4 rings (SSSR count). The number of fused-ring (bicyclic) bond motifs is 1. The second kappa shape index (κ2) is 7.44. The summed E-state index contributed by atoms with van der Waals surface area (Å²) in [6.45, 7) is 0.550. The van der Waals surface area contributed by atoms with Gasteiger partial charge in [0.25, 0.3) is 5.91 Å². The Kier molecular flexibility index (Phi) is 4.69. The minimum Gasteiger partial charge on any atom is -0.457 e. The van der Waals surface area contributed by atoms with Gasteiger partial charge in [-0.1, -0.05) is 36.4 Å². The van der Waals surface area contributed by atoms with Crippen molar-refractivity contribution in [3.63, 3.8) is 0 Å². The molecule has 1 aliphatic rings. The largest absolute Gasteiger partial charge is 0.457 e. The van der Waals surface area contributed by atoms with Crippen LogP contribution in [0.2, 0.25) is 0 Å². The first kappa shape index (κ1) is 16.4. The van der Waals surface area contributed by atoms with E-state index in [4.69, 9.17) is 4.74 Å². The Balaban J connectivity index is 1.36. The molecule has 0 unspecified atom stereocenters. The van der Waals surface area contributed by atoms with Gasteiger partial charge in [-0.05, 0) is 72.4 Å². The standard InChI is InChI=1S/C23H21NO2/c25-23(24-16-17-9-10-18-5-4-6-20(18)15-17)19-11-13-22(14-12-19)26-21-7-2-1-3-8-21/h1-3,7-15H,4-6,16H2,(H,24,25). The zero-order valence-electron chi connectivity index (χ0n) is 14.6. The van der Waals surface area contributed by atoms with Crippen LogP contribution in [0.25, 0.3) is 0 Å². The summed E-state index contributed by atoms with van der Waals surface area (Å²) in [6, 6.07) is 23.3. The molecule has 1 N–H and O–H groups in total. The normalized spacial score (nSPS) is 12.5. The molecule has 0 radical (unpaired) electrons. The van der Waals surface area contributed by atoms with Crippen molar-refractivity contribution in [3.8, 4) is 11.5 Å². The molecular weight excluding hydrogens is 322 g/mol. The number of aryl methyl sites for hydroxylation is 2. The van der Waals surface area contributed by atoms with Gasteiger partial charge >= 0.3 is 0 Å². The predicted molar refractivity (Wildman–Crippen MR) is 103 cm³/mol. The molecule has 0 bridgehead atoms. The van der Waals surface area contributed by atoms with E-state index in [1.165, 1.54) is 24.0 Å². The molecule has 0 saturated heterocycles. The maximum Gasteiger partial charge on any atom is 0.251 e. The van der Waals surface area contributed by atoms with Gasteiger partial charge in [-0.3, -0.25) is 4.79 Å². The lowest BCUT2D eigenvalue weighted by Crippen LogP contribution is -2.22. The van der Waals surface area contributed by atoms with Crippen LogP contribution in [0.5, 0.6) is 11.5 Å². The van der Waals surface area contributed by atoms with E-state index in [1.54, 1.807) is 12.1 Å². The molecule has 3 aromatic carbocycles. The predicted octanol–water partition coefficient (Wildman–Crippen LogP) is 4.90. The number of hydrogen-bond acceptors (Lipinski definition) is 2. The monoisotopic (exact) mass is 343 g/mol. The molecular formula is C23H21NO2. The SMILES string of the molecule is O=C(NCc1ccc2c(c1)CCC2)c1ccc(Oc2ccccc2)cc1. The van der Waals surface area contributed by atoms with Crippen LogP contribution in [0.1, 0.15) is 33.5 Å². The van der Waals surface area contributed by atoms with Gasteiger partial charge in [0.15, 0.2) is 0 Å². The van der Waals surface area contributed by atoms with Gasteiger partial charge in [0.05, 0.1) is 0 Å². The minimum atomic E-state index is -0.0724. The van der Waals surface area contributed by atoms with Gasteiger partial charge in [-0.25, -0.2) is 0 Å². The van der Waals surface area contributed by atoms with Gasteiger partial charge in [-0.15, -0.1) is 0 Å². The number of carbonyl (C=O) groups excluding carboxylic acids is 1. The highest BCUT2D eigenvalue weighted by molar-refractivity contribution is 5.94. The fourth-order valence-electron chi connectivity index (χ4n) is 3.32. The molecule has 26 heavy (non-hydrogen) atoms. The molecule has 0 saturated carbocycles. The molecule has 0 spiro atoms. The van der Waals surface area contributed by atoms with E-state index in [0.717, 1.165) is 17.7 Å². The number of amides is 1. The van der Waals surface area contributed by atoms with E-state index in [2.05, 4.69) is 23.5 Å². The Morgan fingerprint density at radius 1 is 0.846 bits per heavy atom. The number of hydrogen-bond donors (Lipinski definition) is 1. The topological polar surface area (TPSA) is 38.3 Å². The molecule has 3 heteroatoms. The van der Waals surface area contributed by atoms with Crippen LogP contribution in [0.3, 0.4) is 0 Å². The summed E-state index contributed by atoms with van der Waals surface area (Å²) in [4.78, 5) is 12.4.